The van der Waals surface area contributed by atoms with Crippen LogP contribution in [-0.2, 0) is 0 Å². The van der Waals surface area contributed by atoms with Gasteiger partial charge in [0.2, 0.25) is 0 Å². The summed E-state index contributed by atoms with van der Waals surface area (Å²) in [5.41, 5.74) is 0.280. The fourth-order valence-corrected chi connectivity index (χ4v) is 0.855. The number of ketones is 1. The first-order valence-electron chi connectivity index (χ1n) is 3.58. The number of benzene rings is 1. The number of aromatic hydroxyl groups is 1. The summed E-state index contributed by atoms with van der Waals surface area (Å²) in [4.78, 5) is 11.0. The summed E-state index contributed by atoms with van der Waals surface area (Å²) < 4.78 is 12.5. The van der Waals surface area contributed by atoms with Crippen molar-refractivity contribution in [2.75, 3.05) is 0 Å². The van der Waals surface area contributed by atoms with E-state index in [0.29, 0.717) is 0 Å². The highest BCUT2D eigenvalue weighted by Crippen LogP contribution is 2.12. The molecule has 0 aliphatic rings. The minimum atomic E-state index is -1.49. The molecule has 64 valence electrons. The predicted octanol–water partition coefficient (Wildman–Crippen LogP) is 1.93. The zero-order valence-corrected chi connectivity index (χ0v) is 6.62. The van der Waals surface area contributed by atoms with Crippen molar-refractivity contribution in [2.45, 2.75) is 13.1 Å². The highest BCUT2D eigenvalue weighted by atomic mass is 19.1. The Morgan fingerprint density at radius 2 is 1.92 bits per heavy atom. The molecular weight excluding hydrogens is 159 g/mol. The molecule has 1 rings (SSSR count). The van der Waals surface area contributed by atoms with Gasteiger partial charge in [0.05, 0.1) is 0 Å². The van der Waals surface area contributed by atoms with E-state index in [0.717, 1.165) is 0 Å². The minimum absolute atomic E-state index is 0.0676. The lowest BCUT2D eigenvalue weighted by atomic mass is 10.1. The van der Waals surface area contributed by atoms with Gasteiger partial charge in [-0.05, 0) is 31.2 Å². The molecule has 0 saturated carbocycles. The zero-order chi connectivity index (χ0) is 9.14. The van der Waals surface area contributed by atoms with Crippen molar-refractivity contribution < 1.29 is 14.3 Å². The quantitative estimate of drug-likeness (QED) is 0.685. The molecule has 2 nitrogen and oxygen atoms in total. The van der Waals surface area contributed by atoms with E-state index in [4.69, 9.17) is 5.11 Å². The van der Waals surface area contributed by atoms with E-state index in [1.165, 1.54) is 31.2 Å². The van der Waals surface area contributed by atoms with Crippen LogP contribution in [0.3, 0.4) is 0 Å². The second-order valence-electron chi connectivity index (χ2n) is 2.53. The molecule has 0 bridgehead atoms. The Kier molecular flexibility index (Phi) is 2.43. The van der Waals surface area contributed by atoms with Gasteiger partial charge in [-0.1, -0.05) is 0 Å². The highest BCUT2D eigenvalue weighted by Gasteiger charge is 2.12. The average molecular weight is 168 g/mol. The van der Waals surface area contributed by atoms with Gasteiger partial charge in [0, 0.05) is 5.56 Å². The third-order valence-electron chi connectivity index (χ3n) is 1.51. The molecule has 0 spiro atoms. The van der Waals surface area contributed by atoms with E-state index in [2.05, 4.69) is 0 Å². The number of carbonyl (C=O) groups excluding carboxylic acids is 1. The fourth-order valence-electron chi connectivity index (χ4n) is 0.855. The van der Waals surface area contributed by atoms with E-state index < -0.39 is 12.0 Å². The van der Waals surface area contributed by atoms with E-state index in [-0.39, 0.29) is 11.3 Å². The van der Waals surface area contributed by atoms with Crippen LogP contribution in [0.5, 0.6) is 5.75 Å². The topological polar surface area (TPSA) is 37.3 Å². The van der Waals surface area contributed by atoms with Gasteiger partial charge in [0.25, 0.3) is 0 Å². The molecule has 0 heterocycles. The summed E-state index contributed by atoms with van der Waals surface area (Å²) in [6, 6.07) is 5.51. The highest BCUT2D eigenvalue weighted by molar-refractivity contribution is 5.99. The molecule has 0 aromatic heterocycles. The Balaban J connectivity index is 2.90. The number of alkyl halides is 1. The van der Waals surface area contributed by atoms with Crippen molar-refractivity contribution in [1.29, 1.82) is 0 Å². The van der Waals surface area contributed by atoms with Crippen LogP contribution in [0.25, 0.3) is 0 Å². The summed E-state index contributed by atoms with van der Waals surface area (Å²) in [6.45, 7) is 1.19. The molecule has 1 unspecified atom stereocenters. The van der Waals surface area contributed by atoms with Crippen molar-refractivity contribution in [1.82, 2.24) is 0 Å². The van der Waals surface area contributed by atoms with Gasteiger partial charge in [0.15, 0.2) is 12.0 Å². The maximum absolute atomic E-state index is 12.5. The maximum Gasteiger partial charge on any atom is 0.196 e. The summed E-state index contributed by atoms with van der Waals surface area (Å²) in [5, 5.41) is 8.87. The molecule has 1 aromatic carbocycles. The average Bonchev–Trinajstić information content (AvgIpc) is 2.04. The monoisotopic (exact) mass is 168 g/mol. The molecule has 0 aliphatic carbocycles. The number of rotatable bonds is 2. The predicted molar refractivity (Wildman–Crippen MR) is 43.0 cm³/mol. The number of hydrogen-bond donors (Lipinski definition) is 1. The largest absolute Gasteiger partial charge is 0.508 e. The lowest BCUT2D eigenvalue weighted by Gasteiger charge is -2.00. The van der Waals surface area contributed by atoms with Crippen molar-refractivity contribution in [3.8, 4) is 5.75 Å². The Hall–Kier alpha value is -1.38. The normalized spacial score (nSPS) is 12.5. The van der Waals surface area contributed by atoms with E-state index in [9.17, 15) is 9.18 Å². The smallest absolute Gasteiger partial charge is 0.196 e. The number of hydrogen-bond acceptors (Lipinski definition) is 2. The van der Waals surface area contributed by atoms with E-state index in [1.54, 1.807) is 0 Å². The number of carbonyl (C=O) groups is 1. The number of phenols is 1. The number of phenolic OH excluding ortho intramolecular Hbond substituents is 1. The third kappa shape index (κ3) is 1.81. The molecule has 0 fully saturated rings. The molecular formula is C9H9FO2. The van der Waals surface area contributed by atoms with Crippen LogP contribution in [0.4, 0.5) is 4.39 Å². The third-order valence-corrected chi connectivity index (χ3v) is 1.51. The lowest BCUT2D eigenvalue weighted by Crippen LogP contribution is -2.10. The minimum Gasteiger partial charge on any atom is -0.508 e. The Morgan fingerprint density at radius 3 is 2.33 bits per heavy atom. The van der Waals surface area contributed by atoms with Crippen LogP contribution in [0, 0.1) is 0 Å². The van der Waals surface area contributed by atoms with Crippen LogP contribution >= 0.6 is 0 Å². The molecule has 0 radical (unpaired) electrons. The summed E-state index contributed by atoms with van der Waals surface area (Å²) in [6.07, 6.45) is -1.49. The Morgan fingerprint density at radius 1 is 1.42 bits per heavy atom. The summed E-state index contributed by atoms with van der Waals surface area (Å²) in [5.74, 6) is -0.493. The SMILES string of the molecule is CC(F)C(=O)c1ccc(O)cc1. The van der Waals surface area contributed by atoms with Gasteiger partial charge >= 0.3 is 0 Å². The van der Waals surface area contributed by atoms with Gasteiger partial charge in [-0.2, -0.15) is 0 Å². The van der Waals surface area contributed by atoms with Crippen LogP contribution in [0.15, 0.2) is 24.3 Å². The zero-order valence-electron chi connectivity index (χ0n) is 6.62. The summed E-state index contributed by atoms with van der Waals surface area (Å²) in [7, 11) is 0. The van der Waals surface area contributed by atoms with Gasteiger partial charge in [-0.3, -0.25) is 4.79 Å². The second kappa shape index (κ2) is 3.34. The Labute approximate surface area is 69.6 Å². The lowest BCUT2D eigenvalue weighted by molar-refractivity contribution is 0.0893. The molecule has 1 atom stereocenters. The van der Waals surface area contributed by atoms with Gasteiger partial charge < -0.3 is 5.11 Å². The molecule has 12 heavy (non-hydrogen) atoms. The Bertz CT molecular complexity index is 277. The number of Topliss-reactive ketones (excluding diaryl/α,β-unsaturated/α-hetero) is 1. The number of halogens is 1. The van der Waals surface area contributed by atoms with E-state index >= 15 is 0 Å². The molecule has 0 saturated heterocycles. The fraction of sp³-hybridized carbons (Fsp3) is 0.222. The van der Waals surface area contributed by atoms with Gasteiger partial charge in [-0.15, -0.1) is 0 Å². The molecule has 0 amide bonds. The first kappa shape index (κ1) is 8.71. The first-order valence-corrected chi connectivity index (χ1v) is 3.58. The van der Waals surface area contributed by atoms with Crippen LogP contribution in [0.2, 0.25) is 0 Å². The van der Waals surface area contributed by atoms with Crippen LogP contribution in [0.1, 0.15) is 17.3 Å². The molecule has 3 heteroatoms. The van der Waals surface area contributed by atoms with Crippen molar-refractivity contribution in [3.63, 3.8) is 0 Å². The van der Waals surface area contributed by atoms with Gasteiger partial charge in [0.1, 0.15) is 5.75 Å². The maximum atomic E-state index is 12.5. The van der Waals surface area contributed by atoms with Crippen molar-refractivity contribution in [2.24, 2.45) is 0 Å². The van der Waals surface area contributed by atoms with Gasteiger partial charge in [-0.25, -0.2) is 4.39 Å². The molecule has 1 aromatic rings. The molecule has 1 N–H and O–H groups in total. The van der Waals surface area contributed by atoms with Crippen molar-refractivity contribution in [3.05, 3.63) is 29.8 Å². The summed E-state index contributed by atoms with van der Waals surface area (Å²) >= 11 is 0. The van der Waals surface area contributed by atoms with Crippen LogP contribution in [-0.4, -0.2) is 17.1 Å². The standard InChI is InChI=1S/C9H9FO2/c1-6(10)9(12)7-2-4-8(11)5-3-7/h2-6,11H,1H3. The van der Waals surface area contributed by atoms with E-state index in [1.807, 2.05) is 0 Å². The second-order valence-corrected chi connectivity index (χ2v) is 2.53. The van der Waals surface area contributed by atoms with Crippen molar-refractivity contribution >= 4 is 5.78 Å². The molecule has 0 aliphatic heterocycles. The van der Waals surface area contributed by atoms with Crippen LogP contribution < -0.4 is 0 Å². The first-order chi connectivity index (χ1) is 5.61.